The predicted molar refractivity (Wildman–Crippen MR) is 99.1 cm³/mol. The van der Waals surface area contributed by atoms with Gasteiger partial charge in [-0.1, -0.05) is 41.4 Å². The molecule has 0 atom stereocenters. The highest BCUT2D eigenvalue weighted by atomic mass is 35.5. The number of hydrogen-bond donors (Lipinski definition) is 0. The maximum absolute atomic E-state index is 6.15. The van der Waals surface area contributed by atoms with Gasteiger partial charge in [-0.15, -0.1) is 0 Å². The lowest BCUT2D eigenvalue weighted by atomic mass is 10.1. The first kappa shape index (κ1) is 17.1. The Morgan fingerprint density at radius 2 is 1.75 bits per heavy atom. The number of rotatable bonds is 5. The van der Waals surface area contributed by atoms with Crippen molar-refractivity contribution < 1.29 is 9.47 Å². The Hall–Kier alpha value is -1.71. The quantitative estimate of drug-likeness (QED) is 0.663. The molecule has 3 nitrogen and oxygen atoms in total. The summed E-state index contributed by atoms with van der Waals surface area (Å²) in [5.74, 6) is 1.53. The number of methoxy groups -OCH3 is 1. The maximum atomic E-state index is 6.15. The van der Waals surface area contributed by atoms with Gasteiger partial charge in [-0.3, -0.25) is 4.98 Å². The molecular formula is C19H19Cl2NO2. The fourth-order valence-electron chi connectivity index (χ4n) is 2.83. The van der Waals surface area contributed by atoms with Crippen molar-refractivity contribution in [3.05, 3.63) is 51.8 Å². The molecule has 0 N–H and O–H groups in total. The Bertz CT molecular complexity index is 720. The van der Waals surface area contributed by atoms with E-state index in [1.807, 2.05) is 30.4 Å². The summed E-state index contributed by atoms with van der Waals surface area (Å²) in [6.07, 6.45) is 11.9. The topological polar surface area (TPSA) is 31.4 Å². The second-order valence-electron chi connectivity index (χ2n) is 5.78. The molecule has 0 radical (unpaired) electrons. The molecule has 0 aliphatic heterocycles. The summed E-state index contributed by atoms with van der Waals surface area (Å²) in [6, 6.07) is 5.87. The zero-order valence-electron chi connectivity index (χ0n) is 13.5. The van der Waals surface area contributed by atoms with Gasteiger partial charge in [0.05, 0.1) is 23.3 Å². The highest BCUT2D eigenvalue weighted by Crippen LogP contribution is 2.33. The molecule has 1 aromatic carbocycles. The van der Waals surface area contributed by atoms with Gasteiger partial charge in [0.2, 0.25) is 0 Å². The molecule has 0 spiro atoms. The molecule has 2 aromatic rings. The third-order valence-electron chi connectivity index (χ3n) is 4.12. The van der Waals surface area contributed by atoms with Gasteiger partial charge in [-0.25, -0.2) is 0 Å². The van der Waals surface area contributed by atoms with Crippen LogP contribution in [0.25, 0.3) is 12.2 Å². The van der Waals surface area contributed by atoms with Crippen molar-refractivity contribution in [2.75, 3.05) is 7.11 Å². The van der Waals surface area contributed by atoms with E-state index in [2.05, 4.69) is 4.98 Å². The molecule has 24 heavy (non-hydrogen) atoms. The van der Waals surface area contributed by atoms with E-state index in [1.165, 1.54) is 12.8 Å². The molecule has 0 saturated heterocycles. The summed E-state index contributed by atoms with van der Waals surface area (Å²) >= 11 is 12.3. The van der Waals surface area contributed by atoms with Gasteiger partial charge >= 0.3 is 0 Å². The molecule has 1 saturated carbocycles. The molecular weight excluding hydrogens is 345 g/mol. The Balaban J connectivity index is 1.84. The smallest absolute Gasteiger partial charge is 0.162 e. The third-order valence-corrected chi connectivity index (χ3v) is 4.72. The van der Waals surface area contributed by atoms with Gasteiger partial charge in [0, 0.05) is 18.0 Å². The second-order valence-corrected chi connectivity index (χ2v) is 6.60. The van der Waals surface area contributed by atoms with Crippen LogP contribution in [0, 0.1) is 0 Å². The first-order chi connectivity index (χ1) is 11.7. The van der Waals surface area contributed by atoms with Crippen LogP contribution in [-0.4, -0.2) is 18.2 Å². The molecule has 1 aliphatic carbocycles. The summed E-state index contributed by atoms with van der Waals surface area (Å²) in [5, 5.41) is 1.05. The van der Waals surface area contributed by atoms with E-state index in [0.29, 0.717) is 10.0 Å². The Labute approximate surface area is 152 Å². The molecule has 1 aliphatic rings. The number of hydrogen-bond acceptors (Lipinski definition) is 3. The van der Waals surface area contributed by atoms with Crippen molar-refractivity contribution in [3.8, 4) is 11.5 Å². The molecule has 0 amide bonds. The van der Waals surface area contributed by atoms with Crippen LogP contribution < -0.4 is 9.47 Å². The minimum atomic E-state index is 0.280. The Kier molecular flexibility index (Phi) is 5.64. The molecule has 1 heterocycles. The number of halogens is 2. The molecule has 1 fully saturated rings. The standard InChI is InChI=1S/C19H19Cl2NO2/c1-23-18-9-7-13(10-19(18)24-14-4-2-3-5-14)6-8-15-16(20)11-22-12-17(15)21/h6-12,14H,2-5H2,1H3. The molecule has 1 aromatic heterocycles. The zero-order valence-corrected chi connectivity index (χ0v) is 15.0. The lowest BCUT2D eigenvalue weighted by molar-refractivity contribution is 0.201. The van der Waals surface area contributed by atoms with Crippen LogP contribution >= 0.6 is 23.2 Å². The maximum Gasteiger partial charge on any atom is 0.162 e. The predicted octanol–water partition coefficient (Wildman–Crippen LogP) is 5.89. The van der Waals surface area contributed by atoms with Gasteiger partial charge in [0.1, 0.15) is 0 Å². The first-order valence-electron chi connectivity index (χ1n) is 7.99. The van der Waals surface area contributed by atoms with E-state index in [9.17, 15) is 0 Å². The molecule has 126 valence electrons. The van der Waals surface area contributed by atoms with Crippen LogP contribution in [0.3, 0.4) is 0 Å². The van der Waals surface area contributed by atoms with Crippen molar-refractivity contribution in [2.24, 2.45) is 0 Å². The average Bonchev–Trinajstić information content (AvgIpc) is 3.08. The highest BCUT2D eigenvalue weighted by molar-refractivity contribution is 6.37. The average molecular weight is 364 g/mol. The normalized spacial score (nSPS) is 15.1. The first-order valence-corrected chi connectivity index (χ1v) is 8.75. The SMILES string of the molecule is COc1ccc(C=Cc2c(Cl)cncc2Cl)cc1OC1CCCC1. The summed E-state index contributed by atoms with van der Waals surface area (Å²) in [7, 11) is 1.66. The van der Waals surface area contributed by atoms with Crippen molar-refractivity contribution in [1.82, 2.24) is 4.98 Å². The second kappa shape index (κ2) is 7.91. The number of aromatic nitrogens is 1. The summed E-state index contributed by atoms with van der Waals surface area (Å²) in [4.78, 5) is 3.96. The van der Waals surface area contributed by atoms with Gasteiger partial charge in [-0.2, -0.15) is 0 Å². The number of benzene rings is 1. The monoisotopic (exact) mass is 363 g/mol. The van der Waals surface area contributed by atoms with Crippen LogP contribution in [-0.2, 0) is 0 Å². The van der Waals surface area contributed by atoms with Gasteiger partial charge in [0.25, 0.3) is 0 Å². The minimum absolute atomic E-state index is 0.280. The molecule has 0 bridgehead atoms. The fourth-order valence-corrected chi connectivity index (χ4v) is 3.33. The summed E-state index contributed by atoms with van der Waals surface area (Å²) in [5.41, 5.74) is 1.75. The van der Waals surface area contributed by atoms with Crippen molar-refractivity contribution in [2.45, 2.75) is 31.8 Å². The summed E-state index contributed by atoms with van der Waals surface area (Å²) < 4.78 is 11.5. The lowest BCUT2D eigenvalue weighted by Crippen LogP contribution is -2.11. The zero-order chi connectivity index (χ0) is 16.9. The Morgan fingerprint density at radius 1 is 1.04 bits per heavy atom. The molecule has 5 heteroatoms. The molecule has 0 unspecified atom stereocenters. The lowest BCUT2D eigenvalue weighted by Gasteiger charge is -2.16. The number of nitrogens with zero attached hydrogens (tertiary/aromatic N) is 1. The van der Waals surface area contributed by atoms with Crippen molar-refractivity contribution >= 4 is 35.4 Å². The van der Waals surface area contributed by atoms with Crippen LogP contribution in [0.15, 0.2) is 30.6 Å². The van der Waals surface area contributed by atoms with Gasteiger partial charge in [-0.05, 0) is 43.4 Å². The van der Waals surface area contributed by atoms with Crippen LogP contribution in [0.1, 0.15) is 36.8 Å². The van der Waals surface area contributed by atoms with E-state index in [0.717, 1.165) is 35.5 Å². The number of ether oxygens (including phenoxy) is 2. The summed E-state index contributed by atoms with van der Waals surface area (Å²) in [6.45, 7) is 0. The van der Waals surface area contributed by atoms with E-state index in [-0.39, 0.29) is 6.10 Å². The van der Waals surface area contributed by atoms with Crippen LogP contribution in [0.2, 0.25) is 10.0 Å². The Morgan fingerprint density at radius 3 is 2.42 bits per heavy atom. The third kappa shape index (κ3) is 4.03. The van der Waals surface area contributed by atoms with Crippen LogP contribution in [0.5, 0.6) is 11.5 Å². The largest absolute Gasteiger partial charge is 0.493 e. The fraction of sp³-hybridized carbons (Fsp3) is 0.316. The van der Waals surface area contributed by atoms with Gasteiger partial charge in [0.15, 0.2) is 11.5 Å². The van der Waals surface area contributed by atoms with E-state index < -0.39 is 0 Å². The minimum Gasteiger partial charge on any atom is -0.493 e. The van der Waals surface area contributed by atoms with E-state index in [1.54, 1.807) is 19.5 Å². The number of pyridine rings is 1. The van der Waals surface area contributed by atoms with E-state index >= 15 is 0 Å². The van der Waals surface area contributed by atoms with Crippen LogP contribution in [0.4, 0.5) is 0 Å². The van der Waals surface area contributed by atoms with Crippen molar-refractivity contribution in [3.63, 3.8) is 0 Å². The highest BCUT2D eigenvalue weighted by Gasteiger charge is 2.18. The van der Waals surface area contributed by atoms with Gasteiger partial charge < -0.3 is 9.47 Å². The van der Waals surface area contributed by atoms with Crippen molar-refractivity contribution in [1.29, 1.82) is 0 Å². The van der Waals surface area contributed by atoms with E-state index in [4.69, 9.17) is 32.7 Å². The molecule has 3 rings (SSSR count).